The van der Waals surface area contributed by atoms with Gasteiger partial charge in [0.1, 0.15) is 11.8 Å². The van der Waals surface area contributed by atoms with E-state index in [1.807, 2.05) is 59.5 Å². The van der Waals surface area contributed by atoms with Crippen LogP contribution in [-0.2, 0) is 13.0 Å². The largest absolute Gasteiger partial charge is 0.465 e. The third kappa shape index (κ3) is 4.90. The number of fused-ring (bicyclic) bond motifs is 2. The number of halogens is 1. The first-order valence-electron chi connectivity index (χ1n) is 12.8. The maximum Gasteiger partial charge on any atom is 0.404 e. The molecule has 0 aliphatic carbocycles. The van der Waals surface area contributed by atoms with Gasteiger partial charge in [-0.25, -0.2) is 14.0 Å². The van der Waals surface area contributed by atoms with Crippen molar-refractivity contribution in [1.29, 1.82) is 0 Å². The van der Waals surface area contributed by atoms with Crippen LogP contribution in [-0.4, -0.2) is 54.7 Å². The molecule has 2 N–H and O–H groups in total. The van der Waals surface area contributed by atoms with Crippen molar-refractivity contribution in [1.82, 2.24) is 29.7 Å². The molecule has 1 atom stereocenters. The van der Waals surface area contributed by atoms with E-state index in [-0.39, 0.29) is 18.1 Å². The van der Waals surface area contributed by atoms with Gasteiger partial charge < -0.3 is 15.3 Å². The Kier molecular flexibility index (Phi) is 6.62. The molecule has 6 rings (SSSR count). The minimum absolute atomic E-state index is 0.205. The highest BCUT2D eigenvalue weighted by Gasteiger charge is 2.28. The molecule has 0 radical (unpaired) electrons. The van der Waals surface area contributed by atoms with Gasteiger partial charge in [-0.05, 0) is 35.9 Å². The van der Waals surface area contributed by atoms with Crippen molar-refractivity contribution >= 4 is 39.8 Å². The second-order valence-electron chi connectivity index (χ2n) is 9.67. The number of nitrogens with zero attached hydrogens (tertiary/aromatic N) is 6. The first-order chi connectivity index (χ1) is 19.0. The molecule has 0 saturated carbocycles. The number of amides is 1. The minimum Gasteiger partial charge on any atom is -0.465 e. The Morgan fingerprint density at radius 2 is 1.95 bits per heavy atom. The fourth-order valence-electron chi connectivity index (χ4n) is 5.33. The van der Waals surface area contributed by atoms with E-state index in [4.69, 9.17) is 16.7 Å². The number of nitrogens with one attached hydrogen (secondary N) is 1. The maximum atomic E-state index is 13.9. The number of pyridine rings is 1. The monoisotopic (exact) mass is 543 g/mol. The van der Waals surface area contributed by atoms with E-state index in [1.165, 1.54) is 9.20 Å². The summed E-state index contributed by atoms with van der Waals surface area (Å²) in [5.74, 6) is 0.631. The van der Waals surface area contributed by atoms with E-state index < -0.39 is 6.09 Å². The number of benzene rings is 2. The Labute approximate surface area is 228 Å². The van der Waals surface area contributed by atoms with Gasteiger partial charge in [-0.1, -0.05) is 54.1 Å². The van der Waals surface area contributed by atoms with Crippen LogP contribution in [0.5, 0.6) is 0 Å². The number of hydrogen-bond acceptors (Lipinski definition) is 6. The average molecular weight is 544 g/mol. The summed E-state index contributed by atoms with van der Waals surface area (Å²) in [4.78, 5) is 31.8. The summed E-state index contributed by atoms with van der Waals surface area (Å²) in [6.45, 7) is 1.35. The summed E-state index contributed by atoms with van der Waals surface area (Å²) >= 11 is 6.52. The van der Waals surface area contributed by atoms with Crippen LogP contribution in [0.4, 0.5) is 10.6 Å². The second-order valence-corrected chi connectivity index (χ2v) is 10.1. The number of anilines is 1. The zero-order valence-electron chi connectivity index (χ0n) is 21.0. The maximum absolute atomic E-state index is 13.9. The molecule has 5 aromatic rings. The summed E-state index contributed by atoms with van der Waals surface area (Å²) in [6.07, 6.45) is 4.14. The quantitative estimate of drug-likeness (QED) is 0.333. The lowest BCUT2D eigenvalue weighted by atomic mass is 10.0. The van der Waals surface area contributed by atoms with Crippen LogP contribution in [0.25, 0.3) is 16.3 Å². The molecular weight excluding hydrogens is 518 g/mol. The lowest BCUT2D eigenvalue weighted by Gasteiger charge is -2.33. The van der Waals surface area contributed by atoms with Gasteiger partial charge in [-0.15, -0.1) is 5.10 Å². The first kappa shape index (κ1) is 24.9. The Morgan fingerprint density at radius 1 is 1.13 bits per heavy atom. The van der Waals surface area contributed by atoms with Crippen molar-refractivity contribution in [3.8, 4) is 0 Å². The number of carbonyl (C=O) groups is 1. The van der Waals surface area contributed by atoms with Crippen LogP contribution in [0.2, 0.25) is 5.02 Å². The second kappa shape index (κ2) is 10.4. The van der Waals surface area contributed by atoms with Crippen molar-refractivity contribution < 1.29 is 9.90 Å². The van der Waals surface area contributed by atoms with E-state index in [2.05, 4.69) is 15.4 Å². The number of hydrogen-bond donors (Lipinski definition) is 2. The summed E-state index contributed by atoms with van der Waals surface area (Å²) in [5.41, 5.74) is 2.47. The van der Waals surface area contributed by atoms with Crippen LogP contribution in [0.15, 0.2) is 71.9 Å². The molecule has 2 aromatic carbocycles. The van der Waals surface area contributed by atoms with Crippen molar-refractivity contribution in [3.05, 3.63) is 99.3 Å². The van der Waals surface area contributed by atoms with Gasteiger partial charge in [0.2, 0.25) is 0 Å². The van der Waals surface area contributed by atoms with Gasteiger partial charge in [0.25, 0.3) is 5.56 Å². The Morgan fingerprint density at radius 3 is 2.79 bits per heavy atom. The van der Waals surface area contributed by atoms with Gasteiger partial charge >= 0.3 is 6.09 Å². The Bertz CT molecular complexity index is 1740. The topological polar surface area (TPSA) is 118 Å². The van der Waals surface area contributed by atoms with E-state index in [0.29, 0.717) is 35.9 Å². The molecule has 4 heterocycles. The van der Waals surface area contributed by atoms with Crippen molar-refractivity contribution in [3.63, 3.8) is 0 Å². The number of piperidine rings is 1. The summed E-state index contributed by atoms with van der Waals surface area (Å²) in [5, 5.41) is 23.6. The van der Waals surface area contributed by atoms with E-state index in [9.17, 15) is 14.7 Å². The zero-order chi connectivity index (χ0) is 26.9. The highest BCUT2D eigenvalue weighted by atomic mass is 35.5. The van der Waals surface area contributed by atoms with Gasteiger partial charge in [0.05, 0.1) is 12.2 Å². The molecule has 3 aromatic heterocycles. The third-order valence-electron chi connectivity index (χ3n) is 7.15. The highest BCUT2D eigenvalue weighted by Crippen LogP contribution is 2.30. The molecule has 0 spiro atoms. The smallest absolute Gasteiger partial charge is 0.404 e. The zero-order valence-corrected chi connectivity index (χ0v) is 21.8. The fraction of sp³-hybridized carbons (Fsp3) is 0.250. The predicted octanol–water partition coefficient (Wildman–Crippen LogP) is 3.97. The molecule has 1 saturated heterocycles. The SMILES string of the molecule is O=C(O)N[C@@H]1CCCN(c2nn3cnn(Cc4nccc5ccccc45)c(=O)c3c2Cc2ccccc2Cl)C1. The van der Waals surface area contributed by atoms with Crippen LogP contribution in [0.3, 0.4) is 0 Å². The third-order valence-corrected chi connectivity index (χ3v) is 7.52. The van der Waals surface area contributed by atoms with E-state index >= 15 is 0 Å². The van der Waals surface area contributed by atoms with Gasteiger partial charge in [0.15, 0.2) is 5.82 Å². The molecule has 0 unspecified atom stereocenters. The summed E-state index contributed by atoms with van der Waals surface area (Å²) in [7, 11) is 0. The fourth-order valence-corrected chi connectivity index (χ4v) is 5.53. The van der Waals surface area contributed by atoms with Gasteiger partial charge in [-0.2, -0.15) is 5.10 Å². The van der Waals surface area contributed by atoms with Crippen LogP contribution >= 0.6 is 11.6 Å². The molecule has 11 heteroatoms. The average Bonchev–Trinajstić information content (AvgIpc) is 3.30. The van der Waals surface area contributed by atoms with Crippen molar-refractivity contribution in [2.24, 2.45) is 0 Å². The lowest BCUT2D eigenvalue weighted by molar-refractivity contribution is 0.188. The number of aromatic nitrogens is 5. The van der Waals surface area contributed by atoms with Crippen LogP contribution in [0.1, 0.15) is 29.7 Å². The number of rotatable bonds is 6. The van der Waals surface area contributed by atoms with Gasteiger partial charge in [0, 0.05) is 47.7 Å². The minimum atomic E-state index is -1.05. The molecule has 198 valence electrons. The molecule has 1 fully saturated rings. The van der Waals surface area contributed by atoms with Crippen molar-refractivity contribution in [2.45, 2.75) is 31.8 Å². The molecular formula is C28H26ClN7O3. The lowest BCUT2D eigenvalue weighted by Crippen LogP contribution is -2.47. The normalized spacial score (nSPS) is 15.6. The summed E-state index contributed by atoms with van der Waals surface area (Å²) < 4.78 is 2.93. The van der Waals surface area contributed by atoms with Crippen LogP contribution in [0, 0.1) is 0 Å². The van der Waals surface area contributed by atoms with E-state index in [1.54, 1.807) is 12.5 Å². The Hall–Kier alpha value is -4.44. The van der Waals surface area contributed by atoms with E-state index in [0.717, 1.165) is 40.4 Å². The molecule has 0 bridgehead atoms. The standard InChI is InChI=1S/C28H26ClN7O3/c29-23-10-4-2-7-19(23)14-22-25-27(37)35(16-24-21-9-3-1-6-18(21)11-12-30-24)31-17-36(25)33-26(22)34-13-5-8-20(15-34)32-28(38)39/h1-4,6-7,9-12,17,20,32H,5,8,13-16H2,(H,38,39)/t20-/m1/s1. The molecule has 10 nitrogen and oxygen atoms in total. The van der Waals surface area contributed by atoms with Crippen LogP contribution < -0.4 is 15.8 Å². The Balaban J connectivity index is 1.46. The molecule has 1 amide bonds. The predicted molar refractivity (Wildman–Crippen MR) is 149 cm³/mol. The molecule has 39 heavy (non-hydrogen) atoms. The molecule has 1 aliphatic heterocycles. The highest BCUT2D eigenvalue weighted by molar-refractivity contribution is 6.31. The van der Waals surface area contributed by atoms with Crippen molar-refractivity contribution in [2.75, 3.05) is 18.0 Å². The summed E-state index contributed by atoms with van der Waals surface area (Å²) in [6, 6.07) is 17.1. The molecule has 1 aliphatic rings. The van der Waals surface area contributed by atoms with Gasteiger partial charge in [-0.3, -0.25) is 9.78 Å². The first-order valence-corrected chi connectivity index (χ1v) is 13.1. The number of carboxylic acid groups (broad SMARTS) is 1.